The average molecular weight is 352 g/mol. The second kappa shape index (κ2) is 8.91. The van der Waals surface area contributed by atoms with Crippen LogP contribution in [0.15, 0.2) is 30.3 Å². The van der Waals surface area contributed by atoms with E-state index in [-0.39, 0.29) is 5.91 Å². The number of ether oxygens (including phenoxy) is 2. The minimum atomic E-state index is -0.0320. The van der Waals surface area contributed by atoms with E-state index < -0.39 is 0 Å². The molecule has 0 unspecified atom stereocenters. The van der Waals surface area contributed by atoms with Gasteiger partial charge in [0, 0.05) is 18.2 Å². The summed E-state index contributed by atoms with van der Waals surface area (Å²) >= 11 is 0. The molecule has 0 aliphatic carbocycles. The highest BCUT2D eigenvalue weighted by atomic mass is 16.5. The molecule has 0 atom stereocenters. The van der Waals surface area contributed by atoms with Crippen LogP contribution in [0, 0.1) is 32.1 Å². The summed E-state index contributed by atoms with van der Waals surface area (Å²) in [6, 6.07) is 11.2. The van der Waals surface area contributed by atoms with E-state index in [4.69, 9.17) is 14.7 Å². The molecule has 2 aromatic carbocycles. The number of amides is 1. The van der Waals surface area contributed by atoms with Gasteiger partial charge in [0.05, 0.1) is 25.3 Å². The van der Waals surface area contributed by atoms with Crippen molar-refractivity contribution in [3.05, 3.63) is 52.6 Å². The summed E-state index contributed by atoms with van der Waals surface area (Å²) < 4.78 is 10.9. The molecule has 2 aromatic rings. The summed E-state index contributed by atoms with van der Waals surface area (Å²) in [6.45, 7) is 6.42. The molecule has 0 bridgehead atoms. The molecule has 1 amide bonds. The zero-order chi connectivity index (χ0) is 19.1. The van der Waals surface area contributed by atoms with Crippen molar-refractivity contribution in [3.8, 4) is 17.6 Å². The van der Waals surface area contributed by atoms with Gasteiger partial charge >= 0.3 is 0 Å². The third kappa shape index (κ3) is 5.00. The molecule has 0 radical (unpaired) electrons. The molecule has 0 heterocycles. The lowest BCUT2D eigenvalue weighted by Crippen LogP contribution is -2.14. The molecule has 1 N–H and O–H groups in total. The van der Waals surface area contributed by atoms with Crippen molar-refractivity contribution in [2.45, 2.75) is 33.6 Å². The first-order valence-electron chi connectivity index (χ1n) is 8.53. The molecule has 0 saturated heterocycles. The predicted octanol–water partition coefficient (Wildman–Crippen LogP) is 4.29. The normalized spacial score (nSPS) is 10.1. The van der Waals surface area contributed by atoms with Crippen molar-refractivity contribution < 1.29 is 14.3 Å². The minimum Gasteiger partial charge on any atom is -0.493 e. The summed E-state index contributed by atoms with van der Waals surface area (Å²) in [7, 11) is 1.53. The molecular formula is C21H24N2O3. The lowest BCUT2D eigenvalue weighted by atomic mass is 10.0. The van der Waals surface area contributed by atoms with Crippen molar-refractivity contribution in [2.75, 3.05) is 19.0 Å². The van der Waals surface area contributed by atoms with Crippen molar-refractivity contribution in [3.63, 3.8) is 0 Å². The number of rotatable bonds is 7. The lowest BCUT2D eigenvalue weighted by Gasteiger charge is -2.13. The first-order chi connectivity index (χ1) is 12.4. The van der Waals surface area contributed by atoms with Crippen molar-refractivity contribution in [1.29, 1.82) is 5.26 Å². The van der Waals surface area contributed by atoms with Gasteiger partial charge < -0.3 is 14.8 Å². The quantitative estimate of drug-likeness (QED) is 0.755. The fourth-order valence-electron chi connectivity index (χ4n) is 2.85. The molecule has 26 heavy (non-hydrogen) atoms. The van der Waals surface area contributed by atoms with Gasteiger partial charge in [0.15, 0.2) is 11.5 Å². The molecule has 136 valence electrons. The summed E-state index contributed by atoms with van der Waals surface area (Å²) in [5, 5.41) is 11.9. The Morgan fingerprint density at radius 3 is 2.42 bits per heavy atom. The number of aryl methyl sites for hydroxylation is 3. The van der Waals surface area contributed by atoms with Gasteiger partial charge in [-0.25, -0.2) is 0 Å². The Kier molecular flexibility index (Phi) is 6.62. The molecular weight excluding hydrogens is 328 g/mol. The number of nitrogens with zero attached hydrogens (tertiary/aromatic N) is 1. The maximum absolute atomic E-state index is 12.2. The summed E-state index contributed by atoms with van der Waals surface area (Å²) in [6.07, 6.45) is 0.949. The Morgan fingerprint density at radius 1 is 1.12 bits per heavy atom. The number of nitriles is 1. The highest BCUT2D eigenvalue weighted by Gasteiger charge is 2.09. The second-order valence-corrected chi connectivity index (χ2v) is 6.25. The fraction of sp³-hybridized carbons (Fsp3) is 0.333. The van der Waals surface area contributed by atoms with Crippen LogP contribution in [0.4, 0.5) is 5.69 Å². The van der Waals surface area contributed by atoms with Crippen LogP contribution < -0.4 is 14.8 Å². The molecule has 0 saturated carbocycles. The lowest BCUT2D eigenvalue weighted by molar-refractivity contribution is -0.116. The number of benzene rings is 2. The van der Waals surface area contributed by atoms with E-state index in [0.29, 0.717) is 36.5 Å². The van der Waals surface area contributed by atoms with E-state index in [1.165, 1.54) is 12.7 Å². The molecule has 0 aromatic heterocycles. The summed E-state index contributed by atoms with van der Waals surface area (Å²) in [5.41, 5.74) is 4.71. The van der Waals surface area contributed by atoms with Crippen LogP contribution in [-0.2, 0) is 4.79 Å². The van der Waals surface area contributed by atoms with E-state index in [9.17, 15) is 4.79 Å². The van der Waals surface area contributed by atoms with Crippen LogP contribution in [0.25, 0.3) is 0 Å². The van der Waals surface area contributed by atoms with Crippen LogP contribution in [0.3, 0.4) is 0 Å². The number of carbonyl (C=O) groups is 1. The van der Waals surface area contributed by atoms with E-state index in [1.54, 1.807) is 18.2 Å². The summed E-state index contributed by atoms with van der Waals surface area (Å²) in [4.78, 5) is 12.2. The first kappa shape index (κ1) is 19.3. The van der Waals surface area contributed by atoms with E-state index in [0.717, 1.165) is 16.8 Å². The SMILES string of the molecule is COc1cc(C#N)ccc1OCCCC(=O)Nc1c(C)cc(C)cc1C. The van der Waals surface area contributed by atoms with Gasteiger partial charge in [-0.1, -0.05) is 17.7 Å². The van der Waals surface area contributed by atoms with E-state index >= 15 is 0 Å². The minimum absolute atomic E-state index is 0.0320. The maximum Gasteiger partial charge on any atom is 0.224 e. The van der Waals surface area contributed by atoms with Crippen LogP contribution >= 0.6 is 0 Å². The van der Waals surface area contributed by atoms with Gasteiger partial charge in [0.25, 0.3) is 0 Å². The number of methoxy groups -OCH3 is 1. The highest BCUT2D eigenvalue weighted by Crippen LogP contribution is 2.28. The average Bonchev–Trinajstić information content (AvgIpc) is 2.61. The van der Waals surface area contributed by atoms with Crippen molar-refractivity contribution in [2.24, 2.45) is 0 Å². The number of carbonyl (C=O) groups excluding carboxylic acids is 1. The third-order valence-electron chi connectivity index (χ3n) is 4.04. The predicted molar refractivity (Wildman–Crippen MR) is 102 cm³/mol. The highest BCUT2D eigenvalue weighted by molar-refractivity contribution is 5.92. The molecule has 0 spiro atoms. The summed E-state index contributed by atoms with van der Waals surface area (Å²) in [5.74, 6) is 1.05. The maximum atomic E-state index is 12.2. The third-order valence-corrected chi connectivity index (χ3v) is 4.04. The Bertz CT molecular complexity index is 815. The number of hydrogen-bond acceptors (Lipinski definition) is 4. The van der Waals surface area contributed by atoms with Gasteiger partial charge in [0.2, 0.25) is 5.91 Å². The Morgan fingerprint density at radius 2 is 1.81 bits per heavy atom. The first-order valence-corrected chi connectivity index (χ1v) is 8.53. The van der Waals surface area contributed by atoms with Gasteiger partial charge in [0.1, 0.15) is 0 Å². The van der Waals surface area contributed by atoms with Gasteiger partial charge in [-0.05, 0) is 50.5 Å². The standard InChI is InChI=1S/C21H24N2O3/c1-14-10-15(2)21(16(3)11-14)23-20(24)6-5-9-26-18-8-7-17(13-22)12-19(18)25-4/h7-8,10-12H,5-6,9H2,1-4H3,(H,23,24). The zero-order valence-corrected chi connectivity index (χ0v) is 15.7. The number of hydrogen-bond donors (Lipinski definition) is 1. The van der Waals surface area contributed by atoms with Gasteiger partial charge in [-0.3, -0.25) is 4.79 Å². The Labute approximate surface area is 154 Å². The van der Waals surface area contributed by atoms with Crippen molar-refractivity contribution in [1.82, 2.24) is 0 Å². The molecule has 5 heteroatoms. The van der Waals surface area contributed by atoms with E-state index in [1.807, 2.05) is 20.8 Å². The monoisotopic (exact) mass is 352 g/mol. The zero-order valence-electron chi connectivity index (χ0n) is 15.7. The molecule has 5 nitrogen and oxygen atoms in total. The van der Waals surface area contributed by atoms with Crippen LogP contribution in [-0.4, -0.2) is 19.6 Å². The second-order valence-electron chi connectivity index (χ2n) is 6.25. The largest absolute Gasteiger partial charge is 0.493 e. The Hall–Kier alpha value is -3.00. The van der Waals surface area contributed by atoms with Crippen molar-refractivity contribution >= 4 is 11.6 Å². The van der Waals surface area contributed by atoms with Gasteiger partial charge in [-0.2, -0.15) is 5.26 Å². The fourth-order valence-corrected chi connectivity index (χ4v) is 2.85. The van der Waals surface area contributed by atoms with Gasteiger partial charge in [-0.15, -0.1) is 0 Å². The smallest absolute Gasteiger partial charge is 0.224 e. The number of anilines is 1. The molecule has 0 aliphatic rings. The van der Waals surface area contributed by atoms with Crippen LogP contribution in [0.2, 0.25) is 0 Å². The van der Waals surface area contributed by atoms with Crippen LogP contribution in [0.5, 0.6) is 11.5 Å². The Balaban J connectivity index is 1.85. The molecule has 2 rings (SSSR count). The van der Waals surface area contributed by atoms with Crippen LogP contribution in [0.1, 0.15) is 35.1 Å². The topological polar surface area (TPSA) is 71.3 Å². The number of nitrogens with one attached hydrogen (secondary N) is 1. The molecule has 0 fully saturated rings. The van der Waals surface area contributed by atoms with E-state index in [2.05, 4.69) is 23.5 Å². The molecule has 0 aliphatic heterocycles.